The van der Waals surface area contributed by atoms with Crippen molar-refractivity contribution >= 4 is 17.8 Å². The summed E-state index contributed by atoms with van der Waals surface area (Å²) in [5, 5.41) is 0. The first-order chi connectivity index (χ1) is 13.3. The van der Waals surface area contributed by atoms with Crippen LogP contribution in [0, 0.1) is 0 Å². The molecule has 146 valence electrons. The molecule has 0 aliphatic carbocycles. The number of benzene rings is 2. The van der Waals surface area contributed by atoms with E-state index in [2.05, 4.69) is 0 Å². The molecule has 2 aromatic carbocycles. The molecule has 0 unspecified atom stereocenters. The highest BCUT2D eigenvalue weighted by molar-refractivity contribution is 6.14. The topological polar surface area (TPSA) is 71.1 Å². The molecule has 0 bridgehead atoms. The van der Waals surface area contributed by atoms with Gasteiger partial charge < -0.3 is 18.9 Å². The molecular weight excluding hydrogens is 360 g/mol. The largest absolute Gasteiger partial charge is 0.497 e. The molecule has 1 aliphatic heterocycles. The monoisotopic (exact) mass is 382 g/mol. The first kappa shape index (κ1) is 19.5. The third-order valence-corrected chi connectivity index (χ3v) is 4.19. The van der Waals surface area contributed by atoms with Crippen molar-refractivity contribution in [3.05, 3.63) is 59.4 Å². The summed E-state index contributed by atoms with van der Waals surface area (Å²) in [7, 11) is 1.55. The Morgan fingerprint density at radius 2 is 1.79 bits per heavy atom. The summed E-state index contributed by atoms with van der Waals surface area (Å²) < 4.78 is 21.6. The molecule has 2 aromatic rings. The van der Waals surface area contributed by atoms with E-state index in [1.54, 1.807) is 76.4 Å². The molecule has 1 aliphatic rings. The maximum Gasteiger partial charge on any atom is 0.349 e. The number of esters is 1. The number of allylic oxidation sites excluding steroid dienone is 1. The molecule has 0 spiro atoms. The zero-order valence-corrected chi connectivity index (χ0v) is 16.3. The van der Waals surface area contributed by atoms with Gasteiger partial charge in [0.05, 0.1) is 19.3 Å². The minimum absolute atomic E-state index is 0.197. The van der Waals surface area contributed by atoms with Crippen molar-refractivity contribution in [1.82, 2.24) is 0 Å². The lowest BCUT2D eigenvalue weighted by Crippen LogP contribution is -2.39. The smallest absolute Gasteiger partial charge is 0.349 e. The predicted octanol–water partition coefficient (Wildman–Crippen LogP) is 4.03. The van der Waals surface area contributed by atoms with Crippen LogP contribution in [-0.4, -0.2) is 31.1 Å². The van der Waals surface area contributed by atoms with Crippen LogP contribution in [-0.2, 0) is 9.53 Å². The van der Waals surface area contributed by atoms with Gasteiger partial charge in [-0.1, -0.05) is 12.1 Å². The molecule has 3 rings (SSSR count). The molecule has 0 fully saturated rings. The number of rotatable bonds is 6. The second-order valence-electron chi connectivity index (χ2n) is 6.70. The minimum atomic E-state index is -1.10. The molecule has 0 radical (unpaired) electrons. The number of methoxy groups -OCH3 is 1. The maximum absolute atomic E-state index is 12.5. The Morgan fingerprint density at radius 3 is 2.43 bits per heavy atom. The van der Waals surface area contributed by atoms with E-state index in [1.165, 1.54) is 0 Å². The standard InChI is InChI=1S/C22H22O6/c1-5-26-21(24)22(2,3)28-15-8-6-14(7-9-15)12-19-20(23)17-13-16(25-4)10-11-18(17)27-19/h6-13H,5H2,1-4H3. The summed E-state index contributed by atoms with van der Waals surface area (Å²) in [6.07, 6.45) is 1.66. The number of carbonyl (C=O) groups excluding carboxylic acids is 2. The van der Waals surface area contributed by atoms with Gasteiger partial charge in [0, 0.05) is 0 Å². The van der Waals surface area contributed by atoms with Crippen LogP contribution in [0.25, 0.3) is 6.08 Å². The zero-order valence-electron chi connectivity index (χ0n) is 16.3. The number of fused-ring (bicyclic) bond motifs is 1. The van der Waals surface area contributed by atoms with E-state index < -0.39 is 11.6 Å². The molecule has 0 atom stereocenters. The normalized spacial score (nSPS) is 14.4. The molecule has 0 saturated heterocycles. The number of ether oxygens (including phenoxy) is 4. The average molecular weight is 382 g/mol. The van der Waals surface area contributed by atoms with Gasteiger partial charge in [-0.25, -0.2) is 4.79 Å². The summed E-state index contributed by atoms with van der Waals surface area (Å²) in [4.78, 5) is 24.5. The highest BCUT2D eigenvalue weighted by atomic mass is 16.6. The van der Waals surface area contributed by atoms with Crippen LogP contribution in [0.15, 0.2) is 48.2 Å². The van der Waals surface area contributed by atoms with Crippen LogP contribution in [0.2, 0.25) is 0 Å². The summed E-state index contributed by atoms with van der Waals surface area (Å²) in [5.74, 6) is 1.24. The molecule has 0 aromatic heterocycles. The van der Waals surface area contributed by atoms with Gasteiger partial charge in [0.25, 0.3) is 0 Å². The van der Waals surface area contributed by atoms with Gasteiger partial charge in [-0.15, -0.1) is 0 Å². The van der Waals surface area contributed by atoms with Gasteiger partial charge in [0.15, 0.2) is 11.4 Å². The van der Waals surface area contributed by atoms with Gasteiger partial charge in [-0.05, 0) is 62.7 Å². The molecule has 0 N–H and O–H groups in total. The molecule has 28 heavy (non-hydrogen) atoms. The summed E-state index contributed by atoms with van der Waals surface area (Å²) >= 11 is 0. The van der Waals surface area contributed by atoms with Crippen LogP contribution in [0.3, 0.4) is 0 Å². The van der Waals surface area contributed by atoms with E-state index in [9.17, 15) is 9.59 Å². The maximum atomic E-state index is 12.5. The Hall–Kier alpha value is -3.28. The Balaban J connectivity index is 1.74. The van der Waals surface area contributed by atoms with Crippen molar-refractivity contribution < 1.29 is 28.5 Å². The lowest BCUT2D eigenvalue weighted by Gasteiger charge is -2.24. The van der Waals surface area contributed by atoms with E-state index >= 15 is 0 Å². The number of carbonyl (C=O) groups is 2. The lowest BCUT2D eigenvalue weighted by atomic mass is 10.1. The van der Waals surface area contributed by atoms with Crippen molar-refractivity contribution in [2.24, 2.45) is 0 Å². The average Bonchev–Trinajstić information content (AvgIpc) is 2.98. The summed E-state index contributed by atoms with van der Waals surface area (Å²) in [6.45, 7) is 5.34. The lowest BCUT2D eigenvalue weighted by molar-refractivity contribution is -0.158. The van der Waals surface area contributed by atoms with Crippen molar-refractivity contribution in [3.63, 3.8) is 0 Å². The Labute approximate surface area is 163 Å². The van der Waals surface area contributed by atoms with Crippen LogP contribution in [0.4, 0.5) is 0 Å². The first-order valence-corrected chi connectivity index (χ1v) is 8.92. The van der Waals surface area contributed by atoms with Crippen LogP contribution >= 0.6 is 0 Å². The first-order valence-electron chi connectivity index (χ1n) is 8.92. The van der Waals surface area contributed by atoms with E-state index in [0.29, 0.717) is 29.4 Å². The van der Waals surface area contributed by atoms with Gasteiger partial charge in [-0.2, -0.15) is 0 Å². The Kier molecular flexibility index (Phi) is 5.40. The van der Waals surface area contributed by atoms with E-state index in [4.69, 9.17) is 18.9 Å². The Morgan fingerprint density at radius 1 is 1.11 bits per heavy atom. The number of ketones is 1. The Bertz CT molecular complexity index is 925. The third kappa shape index (κ3) is 4.01. The number of hydrogen-bond donors (Lipinski definition) is 0. The van der Waals surface area contributed by atoms with Crippen molar-refractivity contribution in [1.29, 1.82) is 0 Å². The van der Waals surface area contributed by atoms with Gasteiger partial charge in [-0.3, -0.25) is 4.79 Å². The van der Waals surface area contributed by atoms with Crippen LogP contribution in [0.1, 0.15) is 36.7 Å². The number of hydrogen-bond acceptors (Lipinski definition) is 6. The highest BCUT2D eigenvalue weighted by Gasteiger charge is 2.31. The third-order valence-electron chi connectivity index (χ3n) is 4.19. The van der Waals surface area contributed by atoms with E-state index in [1.807, 2.05) is 0 Å². The van der Waals surface area contributed by atoms with Crippen LogP contribution in [0.5, 0.6) is 17.2 Å². The quantitative estimate of drug-likeness (QED) is 0.555. The molecule has 0 saturated carbocycles. The van der Waals surface area contributed by atoms with E-state index in [-0.39, 0.29) is 11.5 Å². The highest BCUT2D eigenvalue weighted by Crippen LogP contribution is 2.34. The van der Waals surface area contributed by atoms with Crippen LogP contribution < -0.4 is 14.2 Å². The SMILES string of the molecule is CCOC(=O)C(C)(C)Oc1ccc(C=C2Oc3ccc(OC)cc3C2=O)cc1. The summed E-state index contributed by atoms with van der Waals surface area (Å²) in [5.41, 5.74) is 0.146. The molecule has 1 heterocycles. The minimum Gasteiger partial charge on any atom is -0.497 e. The molecule has 6 heteroatoms. The van der Waals surface area contributed by atoms with E-state index in [0.717, 1.165) is 5.56 Å². The molecular formula is C22H22O6. The molecule has 6 nitrogen and oxygen atoms in total. The fourth-order valence-corrected chi connectivity index (χ4v) is 2.72. The fourth-order valence-electron chi connectivity index (χ4n) is 2.72. The second kappa shape index (κ2) is 7.76. The summed E-state index contributed by atoms with van der Waals surface area (Å²) in [6, 6.07) is 12.1. The molecule has 0 amide bonds. The zero-order chi connectivity index (χ0) is 20.3. The number of Topliss-reactive ketones (excluding diaryl/α,β-unsaturated/α-hetero) is 1. The van der Waals surface area contributed by atoms with Gasteiger partial charge in [0.2, 0.25) is 5.78 Å². The second-order valence-corrected chi connectivity index (χ2v) is 6.70. The van der Waals surface area contributed by atoms with Crippen molar-refractivity contribution in [2.75, 3.05) is 13.7 Å². The van der Waals surface area contributed by atoms with Gasteiger partial charge >= 0.3 is 5.97 Å². The fraction of sp³-hybridized carbons (Fsp3) is 0.273. The van der Waals surface area contributed by atoms with Gasteiger partial charge in [0.1, 0.15) is 17.2 Å². The van der Waals surface area contributed by atoms with Crippen molar-refractivity contribution in [3.8, 4) is 17.2 Å². The predicted molar refractivity (Wildman–Crippen MR) is 104 cm³/mol. The van der Waals surface area contributed by atoms with Crippen molar-refractivity contribution in [2.45, 2.75) is 26.4 Å².